The number of rotatable bonds is 69. The van der Waals surface area contributed by atoms with Crippen LogP contribution in [0.3, 0.4) is 0 Å². The van der Waals surface area contributed by atoms with Crippen molar-refractivity contribution in [2.45, 2.75) is 389 Å². The Balaban J connectivity index is 1.63. The Hall–Kier alpha value is -4.39. The third kappa shape index (κ3) is 54.8. The Labute approximate surface area is 639 Å². The molecule has 2 aliphatic heterocycles. The number of amides is 1. The summed E-state index contributed by atoms with van der Waals surface area (Å²) in [6.45, 7) is 2.68. The predicted octanol–water partition coefficient (Wildman–Crippen LogP) is 20.1. The van der Waals surface area contributed by atoms with Crippen molar-refractivity contribution in [2.75, 3.05) is 19.8 Å². The van der Waals surface area contributed by atoms with Crippen molar-refractivity contribution in [3.05, 3.63) is 158 Å². The lowest BCUT2D eigenvalue weighted by atomic mass is 9.97. The van der Waals surface area contributed by atoms with Crippen molar-refractivity contribution in [1.29, 1.82) is 0 Å². The third-order valence-electron chi connectivity index (χ3n) is 19.4. The molecule has 0 spiro atoms. The van der Waals surface area contributed by atoms with Gasteiger partial charge in [0.1, 0.15) is 48.8 Å². The van der Waals surface area contributed by atoms with Gasteiger partial charge in [0, 0.05) is 6.42 Å². The number of aliphatic hydroxyl groups is 8. The first-order valence-electron chi connectivity index (χ1n) is 42.2. The Bertz CT molecular complexity index is 2380. The normalized spacial score (nSPS) is 22.2. The van der Waals surface area contributed by atoms with E-state index in [-0.39, 0.29) is 18.9 Å². The zero-order chi connectivity index (χ0) is 75.8. The molecule has 2 aliphatic rings. The third-order valence-corrected chi connectivity index (χ3v) is 19.4. The molecule has 9 N–H and O–H groups in total. The molecule has 0 aromatic rings. The molecular formula is C91H153NO13. The minimum absolute atomic E-state index is 0.255. The Morgan fingerprint density at radius 3 is 1.05 bits per heavy atom. The first kappa shape index (κ1) is 96.7. The highest BCUT2D eigenvalue weighted by Crippen LogP contribution is 2.30. The van der Waals surface area contributed by atoms with Crippen molar-refractivity contribution in [3.63, 3.8) is 0 Å². The molecule has 2 heterocycles. The molecule has 0 bridgehead atoms. The second-order valence-corrected chi connectivity index (χ2v) is 28.9. The van der Waals surface area contributed by atoms with Crippen LogP contribution in [0.5, 0.6) is 0 Å². The Morgan fingerprint density at radius 1 is 0.352 bits per heavy atom. The monoisotopic (exact) mass is 1470 g/mol. The van der Waals surface area contributed by atoms with Gasteiger partial charge in [-0.1, -0.05) is 345 Å². The van der Waals surface area contributed by atoms with Gasteiger partial charge in [-0.2, -0.15) is 0 Å². The second-order valence-electron chi connectivity index (χ2n) is 28.9. The number of ether oxygens (including phenoxy) is 4. The number of hydrogen-bond acceptors (Lipinski definition) is 13. The molecule has 0 radical (unpaired) electrons. The zero-order valence-electron chi connectivity index (χ0n) is 65.9. The molecule has 2 saturated heterocycles. The SMILES string of the molecule is CC/C=C\C/C=C\C/C=C\C/C=C\C/C=C\C/C=C\C/C=C\C/C=C\C/C=C\C/C=C\CCCCCCCCCCCCC(=O)NC(COC1OC(CO)C(OC2OC(CO)C(O)C(O)C2O)C(O)C1O)C(O)/C=C/CC/C=C/CC/C=C/CCCCCCCCCCCCCCCCCCCCCC. The van der Waals surface area contributed by atoms with Crippen molar-refractivity contribution in [3.8, 4) is 0 Å². The lowest BCUT2D eigenvalue weighted by molar-refractivity contribution is -0.359. The van der Waals surface area contributed by atoms with Crippen LogP contribution >= 0.6 is 0 Å². The van der Waals surface area contributed by atoms with E-state index in [1.807, 2.05) is 6.08 Å². The maximum absolute atomic E-state index is 13.4. The summed E-state index contributed by atoms with van der Waals surface area (Å²) in [5, 5.41) is 87.7. The van der Waals surface area contributed by atoms with Crippen LogP contribution in [-0.4, -0.2) is 140 Å². The van der Waals surface area contributed by atoms with E-state index in [2.05, 4.69) is 165 Å². The van der Waals surface area contributed by atoms with E-state index in [0.717, 1.165) is 116 Å². The van der Waals surface area contributed by atoms with E-state index >= 15 is 0 Å². The zero-order valence-corrected chi connectivity index (χ0v) is 65.9. The maximum Gasteiger partial charge on any atom is 0.220 e. The van der Waals surface area contributed by atoms with Crippen LogP contribution in [0.15, 0.2) is 158 Å². The molecule has 12 atom stereocenters. The fourth-order valence-electron chi connectivity index (χ4n) is 12.8. The maximum atomic E-state index is 13.4. The number of hydrogen-bond donors (Lipinski definition) is 9. The van der Waals surface area contributed by atoms with Crippen molar-refractivity contribution >= 4 is 5.91 Å². The van der Waals surface area contributed by atoms with Crippen LogP contribution in [0.1, 0.15) is 316 Å². The number of unbranched alkanes of at least 4 members (excludes halogenated alkanes) is 32. The van der Waals surface area contributed by atoms with Gasteiger partial charge in [-0.15, -0.1) is 0 Å². The van der Waals surface area contributed by atoms with Crippen LogP contribution in [-0.2, 0) is 23.7 Å². The standard InChI is InChI=1S/C91H153NO13/c1-3-5-7-9-11-13-15-17-19-21-23-25-27-29-31-33-35-36-37-38-39-40-41-42-43-44-45-47-49-51-53-55-57-59-61-63-65-67-69-71-73-75-83(96)92-79(78-102-90-88(101)86(99)89(82(77-94)104-90)105-91-87(100)85(98)84(97)81(76-93)103-91)80(95)74-72-70-68-66-64-62-60-58-56-54-52-50-48-46-34-32-30-28-26-24-22-20-18-16-14-12-10-8-6-4-2/h5,7,11,13,17,19,23,25,29,31,35-36,38-39,41-42,44-45,49,51,56,58,64,66,72,74,79-82,84-91,93-95,97-101H,3-4,6,8-10,12,14-16,18,20-22,24,26-28,30,32-34,37,40,43,46-48,50,52-55,57,59-63,65,67-71,73,75-78H2,1-2H3,(H,92,96)/b7-5-,13-11-,19-17-,25-23-,31-29-,36-35-,39-38-,42-41-,45-44-,51-49-,58-56+,66-64+,74-72+. The summed E-state index contributed by atoms with van der Waals surface area (Å²) in [5.74, 6) is -0.261. The molecule has 0 aromatic heterocycles. The number of aliphatic hydroxyl groups excluding tert-OH is 8. The summed E-state index contributed by atoms with van der Waals surface area (Å²) in [5.41, 5.74) is 0. The minimum Gasteiger partial charge on any atom is -0.394 e. The summed E-state index contributed by atoms with van der Waals surface area (Å²) < 4.78 is 22.9. The van der Waals surface area contributed by atoms with Gasteiger partial charge in [0.2, 0.25) is 5.91 Å². The summed E-state index contributed by atoms with van der Waals surface area (Å²) in [6.07, 6.45) is 94.7. The van der Waals surface area contributed by atoms with Gasteiger partial charge in [0.15, 0.2) is 12.6 Å². The van der Waals surface area contributed by atoms with Gasteiger partial charge in [-0.25, -0.2) is 0 Å². The molecule has 12 unspecified atom stereocenters. The average Bonchev–Trinajstić information content (AvgIpc) is 0.769. The van der Waals surface area contributed by atoms with Crippen LogP contribution in [0.4, 0.5) is 0 Å². The molecule has 2 rings (SSSR count). The molecular weight excluding hydrogens is 1310 g/mol. The molecule has 2 fully saturated rings. The van der Waals surface area contributed by atoms with Gasteiger partial charge in [-0.05, 0) is 122 Å². The summed E-state index contributed by atoms with van der Waals surface area (Å²) >= 11 is 0. The van der Waals surface area contributed by atoms with E-state index in [1.54, 1.807) is 6.08 Å². The van der Waals surface area contributed by atoms with Gasteiger partial charge in [0.25, 0.3) is 0 Å². The number of allylic oxidation sites excluding steroid dienone is 25. The van der Waals surface area contributed by atoms with Crippen molar-refractivity contribution < 1.29 is 64.6 Å². The van der Waals surface area contributed by atoms with Gasteiger partial charge >= 0.3 is 0 Å². The number of carbonyl (C=O) groups excluding carboxylic acids is 1. The van der Waals surface area contributed by atoms with Crippen LogP contribution in [0.2, 0.25) is 0 Å². The van der Waals surface area contributed by atoms with Crippen molar-refractivity contribution in [1.82, 2.24) is 5.32 Å². The molecule has 0 aliphatic carbocycles. The van der Waals surface area contributed by atoms with Gasteiger partial charge in [0.05, 0.1) is 32.0 Å². The highest BCUT2D eigenvalue weighted by Gasteiger charge is 2.51. The molecule has 0 saturated carbocycles. The van der Waals surface area contributed by atoms with Crippen LogP contribution < -0.4 is 5.32 Å². The summed E-state index contributed by atoms with van der Waals surface area (Å²) in [6, 6.07) is -0.954. The van der Waals surface area contributed by atoms with E-state index in [1.165, 1.54) is 167 Å². The fourth-order valence-corrected chi connectivity index (χ4v) is 12.8. The molecule has 14 heteroatoms. The smallest absolute Gasteiger partial charge is 0.220 e. The molecule has 600 valence electrons. The van der Waals surface area contributed by atoms with Crippen LogP contribution in [0.25, 0.3) is 0 Å². The first-order valence-corrected chi connectivity index (χ1v) is 42.2. The predicted molar refractivity (Wildman–Crippen MR) is 437 cm³/mol. The highest BCUT2D eigenvalue weighted by atomic mass is 16.7. The van der Waals surface area contributed by atoms with E-state index in [0.29, 0.717) is 12.8 Å². The lowest BCUT2D eigenvalue weighted by Gasteiger charge is -2.46. The Kier molecular flexibility index (Phi) is 66.7. The average molecular weight is 1470 g/mol. The summed E-state index contributed by atoms with van der Waals surface area (Å²) in [7, 11) is 0. The van der Waals surface area contributed by atoms with E-state index in [4.69, 9.17) is 18.9 Å². The van der Waals surface area contributed by atoms with Crippen LogP contribution in [0, 0.1) is 0 Å². The minimum atomic E-state index is -1.80. The fraction of sp³-hybridized carbons (Fsp3) is 0.703. The summed E-state index contributed by atoms with van der Waals surface area (Å²) in [4.78, 5) is 13.4. The first-order chi connectivity index (χ1) is 51.6. The molecule has 0 aromatic carbocycles. The number of nitrogens with one attached hydrogen (secondary N) is 1. The topological polar surface area (TPSA) is 228 Å². The Morgan fingerprint density at radius 2 is 0.667 bits per heavy atom. The number of carbonyl (C=O) groups is 1. The second kappa shape index (κ2) is 72.5. The van der Waals surface area contributed by atoms with Gasteiger partial charge in [-0.3, -0.25) is 4.79 Å². The quantitative estimate of drug-likeness (QED) is 0.0204. The van der Waals surface area contributed by atoms with E-state index < -0.39 is 86.8 Å². The van der Waals surface area contributed by atoms with Gasteiger partial charge < -0.3 is 65.1 Å². The highest BCUT2D eigenvalue weighted by molar-refractivity contribution is 5.76. The van der Waals surface area contributed by atoms with E-state index in [9.17, 15) is 45.6 Å². The largest absolute Gasteiger partial charge is 0.394 e. The molecule has 14 nitrogen and oxygen atoms in total. The van der Waals surface area contributed by atoms with Crippen molar-refractivity contribution in [2.24, 2.45) is 0 Å². The molecule has 105 heavy (non-hydrogen) atoms. The lowest BCUT2D eigenvalue weighted by Crippen LogP contribution is -2.65. The molecule has 1 amide bonds.